The molecule has 0 saturated carbocycles. The van der Waals surface area contributed by atoms with E-state index in [-0.39, 0.29) is 0 Å². The zero-order chi connectivity index (χ0) is 25.3. The summed E-state index contributed by atoms with van der Waals surface area (Å²) in [5.41, 5.74) is 6.96. The molecule has 0 atom stereocenters. The topological polar surface area (TPSA) is 16.1 Å². The standard InChI is InChI=1S/C35H24N2S/c1-3-9-25(10-4-1)27-15-19-29(20-16-27)37(30-21-17-28(18-22-30)26-11-5-2-6-12-26)35-23-34-32(24-36-35)31-13-7-8-14-33(31)38-34/h1-24H. The van der Waals surface area contributed by atoms with E-state index in [1.54, 1.807) is 0 Å². The molecule has 0 aliphatic rings. The number of thiophene rings is 1. The van der Waals surface area contributed by atoms with Crippen molar-refractivity contribution in [2.24, 2.45) is 0 Å². The molecule has 2 nitrogen and oxygen atoms in total. The average molecular weight is 505 g/mol. The number of fused-ring (bicyclic) bond motifs is 3. The van der Waals surface area contributed by atoms with Crippen LogP contribution < -0.4 is 4.90 Å². The van der Waals surface area contributed by atoms with E-state index < -0.39 is 0 Å². The summed E-state index contributed by atoms with van der Waals surface area (Å²) >= 11 is 1.82. The van der Waals surface area contributed by atoms with E-state index in [0.29, 0.717) is 0 Å². The summed E-state index contributed by atoms with van der Waals surface area (Å²) in [6, 6.07) is 49.3. The summed E-state index contributed by atoms with van der Waals surface area (Å²) in [4.78, 5) is 7.22. The SMILES string of the molecule is c1ccc(-c2ccc(N(c3ccc(-c4ccccc4)cc3)c3cc4sc5ccccc5c4cn3)cc2)cc1. The van der Waals surface area contributed by atoms with E-state index in [1.807, 2.05) is 17.5 Å². The highest BCUT2D eigenvalue weighted by Gasteiger charge is 2.16. The van der Waals surface area contributed by atoms with Crippen LogP contribution in [0.2, 0.25) is 0 Å². The van der Waals surface area contributed by atoms with Gasteiger partial charge in [0.25, 0.3) is 0 Å². The molecule has 2 aromatic heterocycles. The molecule has 2 heterocycles. The van der Waals surface area contributed by atoms with Gasteiger partial charge in [-0.2, -0.15) is 0 Å². The Bertz CT molecular complexity index is 1760. The second kappa shape index (κ2) is 9.62. The molecule has 7 rings (SSSR count). The zero-order valence-electron chi connectivity index (χ0n) is 20.7. The van der Waals surface area contributed by atoms with Crippen molar-refractivity contribution in [2.45, 2.75) is 0 Å². The van der Waals surface area contributed by atoms with Crippen LogP contribution in [0.25, 0.3) is 42.4 Å². The lowest BCUT2D eigenvalue weighted by atomic mass is 10.0. The van der Waals surface area contributed by atoms with Crippen molar-refractivity contribution in [1.82, 2.24) is 4.98 Å². The summed E-state index contributed by atoms with van der Waals surface area (Å²) in [6.45, 7) is 0. The minimum absolute atomic E-state index is 0.906. The first-order valence-corrected chi connectivity index (χ1v) is 13.5. The Labute approximate surface area is 226 Å². The van der Waals surface area contributed by atoms with E-state index in [1.165, 1.54) is 42.4 Å². The Hall–Kier alpha value is -4.73. The number of aromatic nitrogens is 1. The third-order valence-electron chi connectivity index (χ3n) is 6.94. The van der Waals surface area contributed by atoms with Gasteiger partial charge in [-0.3, -0.25) is 4.90 Å². The lowest BCUT2D eigenvalue weighted by molar-refractivity contribution is 1.19. The number of benzene rings is 5. The minimum Gasteiger partial charge on any atom is -0.295 e. The molecule has 0 aliphatic carbocycles. The molecule has 0 amide bonds. The summed E-state index contributed by atoms with van der Waals surface area (Å²) in [7, 11) is 0. The van der Waals surface area contributed by atoms with Crippen molar-refractivity contribution in [3.8, 4) is 22.3 Å². The molecule has 0 N–H and O–H groups in total. The zero-order valence-corrected chi connectivity index (χ0v) is 21.5. The fourth-order valence-corrected chi connectivity index (χ4v) is 6.12. The Kier molecular flexibility index (Phi) is 5.69. The molecule has 38 heavy (non-hydrogen) atoms. The van der Waals surface area contributed by atoms with Gasteiger partial charge in [-0.25, -0.2) is 4.98 Å². The molecular formula is C35H24N2S. The van der Waals surface area contributed by atoms with Gasteiger partial charge >= 0.3 is 0 Å². The van der Waals surface area contributed by atoms with Gasteiger partial charge in [-0.1, -0.05) is 103 Å². The number of hydrogen-bond acceptors (Lipinski definition) is 3. The predicted molar refractivity (Wildman–Crippen MR) is 163 cm³/mol. The van der Waals surface area contributed by atoms with Gasteiger partial charge in [0, 0.05) is 37.7 Å². The van der Waals surface area contributed by atoms with Gasteiger partial charge in [0.15, 0.2) is 0 Å². The van der Waals surface area contributed by atoms with Crippen LogP contribution >= 0.6 is 11.3 Å². The fourth-order valence-electron chi connectivity index (χ4n) is 5.01. The molecule has 7 aromatic rings. The molecule has 0 radical (unpaired) electrons. The Morgan fingerprint density at radius 2 is 0.947 bits per heavy atom. The van der Waals surface area contributed by atoms with Gasteiger partial charge in [-0.05, 0) is 58.7 Å². The van der Waals surface area contributed by atoms with Gasteiger partial charge in [0.2, 0.25) is 0 Å². The highest BCUT2D eigenvalue weighted by Crippen LogP contribution is 2.40. The molecule has 0 unspecified atom stereocenters. The maximum atomic E-state index is 4.98. The van der Waals surface area contributed by atoms with Crippen molar-refractivity contribution in [2.75, 3.05) is 4.90 Å². The van der Waals surface area contributed by atoms with Crippen LogP contribution in [-0.4, -0.2) is 4.98 Å². The summed E-state index contributed by atoms with van der Waals surface area (Å²) in [5, 5.41) is 2.46. The second-order valence-electron chi connectivity index (χ2n) is 9.30. The van der Waals surface area contributed by atoms with Crippen LogP contribution in [0.1, 0.15) is 0 Å². The highest BCUT2D eigenvalue weighted by atomic mass is 32.1. The monoisotopic (exact) mass is 504 g/mol. The lowest BCUT2D eigenvalue weighted by Gasteiger charge is -2.25. The van der Waals surface area contributed by atoms with Crippen LogP contribution in [0.4, 0.5) is 17.2 Å². The Balaban J connectivity index is 1.34. The first-order chi connectivity index (χ1) is 18.8. The Morgan fingerprint density at radius 1 is 0.447 bits per heavy atom. The van der Waals surface area contributed by atoms with Crippen LogP contribution in [0.5, 0.6) is 0 Å². The number of pyridine rings is 1. The molecule has 0 bridgehead atoms. The smallest absolute Gasteiger partial charge is 0.138 e. The normalized spacial score (nSPS) is 11.2. The van der Waals surface area contributed by atoms with E-state index in [2.05, 4.69) is 144 Å². The fraction of sp³-hybridized carbons (Fsp3) is 0. The van der Waals surface area contributed by atoms with Gasteiger partial charge in [0.05, 0.1) is 0 Å². The maximum absolute atomic E-state index is 4.98. The number of anilines is 3. The lowest BCUT2D eigenvalue weighted by Crippen LogP contribution is -2.11. The number of nitrogens with zero attached hydrogens (tertiary/aromatic N) is 2. The molecule has 5 aromatic carbocycles. The van der Waals surface area contributed by atoms with E-state index in [9.17, 15) is 0 Å². The molecule has 0 saturated heterocycles. The van der Waals surface area contributed by atoms with Crippen LogP contribution in [0, 0.1) is 0 Å². The minimum atomic E-state index is 0.906. The quantitative estimate of drug-likeness (QED) is 0.232. The van der Waals surface area contributed by atoms with Crippen LogP contribution in [0.3, 0.4) is 0 Å². The summed E-state index contributed by atoms with van der Waals surface area (Å²) < 4.78 is 2.52. The summed E-state index contributed by atoms with van der Waals surface area (Å²) in [6.07, 6.45) is 2.02. The Morgan fingerprint density at radius 3 is 1.53 bits per heavy atom. The maximum Gasteiger partial charge on any atom is 0.138 e. The molecule has 0 fully saturated rings. The molecule has 0 spiro atoms. The van der Waals surface area contributed by atoms with Gasteiger partial charge < -0.3 is 0 Å². The van der Waals surface area contributed by atoms with E-state index in [0.717, 1.165) is 17.2 Å². The van der Waals surface area contributed by atoms with Crippen LogP contribution in [-0.2, 0) is 0 Å². The first-order valence-electron chi connectivity index (χ1n) is 12.7. The van der Waals surface area contributed by atoms with E-state index in [4.69, 9.17) is 4.98 Å². The highest BCUT2D eigenvalue weighted by molar-refractivity contribution is 7.25. The predicted octanol–water partition coefficient (Wildman–Crippen LogP) is 10.3. The molecule has 180 valence electrons. The number of hydrogen-bond donors (Lipinski definition) is 0. The third kappa shape index (κ3) is 4.13. The average Bonchev–Trinajstić information content (AvgIpc) is 3.37. The van der Waals surface area contributed by atoms with Crippen LogP contribution in [0.15, 0.2) is 146 Å². The largest absolute Gasteiger partial charge is 0.295 e. The van der Waals surface area contributed by atoms with Crippen molar-refractivity contribution >= 4 is 48.7 Å². The third-order valence-corrected chi connectivity index (χ3v) is 8.08. The molecule has 0 aliphatic heterocycles. The number of rotatable bonds is 5. The van der Waals surface area contributed by atoms with E-state index >= 15 is 0 Å². The van der Waals surface area contributed by atoms with Crippen molar-refractivity contribution in [3.05, 3.63) is 146 Å². The van der Waals surface area contributed by atoms with Gasteiger partial charge in [0.1, 0.15) is 5.82 Å². The summed E-state index contributed by atoms with van der Waals surface area (Å²) in [5.74, 6) is 0.906. The van der Waals surface area contributed by atoms with Crippen molar-refractivity contribution < 1.29 is 0 Å². The van der Waals surface area contributed by atoms with Crippen molar-refractivity contribution in [1.29, 1.82) is 0 Å². The molecular weight excluding hydrogens is 480 g/mol. The van der Waals surface area contributed by atoms with Gasteiger partial charge in [-0.15, -0.1) is 11.3 Å². The van der Waals surface area contributed by atoms with Crippen molar-refractivity contribution in [3.63, 3.8) is 0 Å². The molecule has 3 heteroatoms. The second-order valence-corrected chi connectivity index (χ2v) is 10.4. The first kappa shape index (κ1) is 22.5.